The summed E-state index contributed by atoms with van der Waals surface area (Å²) in [7, 11) is 0. The van der Waals surface area contributed by atoms with E-state index >= 15 is 0 Å². The maximum absolute atomic E-state index is 12.2. The zero-order chi connectivity index (χ0) is 22.0. The number of ketones is 1. The molecule has 4 saturated carbocycles. The van der Waals surface area contributed by atoms with Crippen LogP contribution in [0.15, 0.2) is 0 Å². The predicted octanol–water partition coefficient (Wildman–Crippen LogP) is 7.30. The Morgan fingerprint density at radius 1 is 0.903 bits per heavy atom. The molecule has 0 bridgehead atoms. The van der Waals surface area contributed by atoms with Crippen LogP contribution in [0.4, 0.5) is 0 Å². The van der Waals surface area contributed by atoms with Crippen molar-refractivity contribution in [1.82, 2.24) is 0 Å². The Bertz CT molecular complexity index is 684. The Morgan fingerprint density at radius 2 is 1.68 bits per heavy atom. The van der Waals surface area contributed by atoms with Crippen LogP contribution in [0.3, 0.4) is 0 Å². The number of rotatable bonds is 3. The zero-order valence-corrected chi connectivity index (χ0v) is 21.0. The van der Waals surface area contributed by atoms with Gasteiger partial charge in [-0.2, -0.15) is 0 Å². The second-order valence-electron chi connectivity index (χ2n) is 13.4. The first-order valence-corrected chi connectivity index (χ1v) is 13.9. The molecule has 0 radical (unpaired) electrons. The summed E-state index contributed by atoms with van der Waals surface area (Å²) >= 11 is 0. The Hall–Kier alpha value is -0.370. The molecular weight excluding hydrogens is 380 g/mol. The minimum atomic E-state index is 0.443. The van der Waals surface area contributed by atoms with Crippen LogP contribution in [0.2, 0.25) is 0 Å². The van der Waals surface area contributed by atoms with Gasteiger partial charge in [0.2, 0.25) is 0 Å². The van der Waals surface area contributed by atoms with Crippen LogP contribution in [-0.4, -0.2) is 18.5 Å². The van der Waals surface area contributed by atoms with E-state index in [1.54, 1.807) is 0 Å². The molecule has 5 rings (SSSR count). The van der Waals surface area contributed by atoms with E-state index in [1.165, 1.54) is 57.8 Å². The average Bonchev–Trinajstić information content (AvgIpc) is 3.11. The van der Waals surface area contributed by atoms with Gasteiger partial charge in [0.05, 0.1) is 6.10 Å². The highest BCUT2D eigenvalue weighted by Gasteiger charge is 2.61. The van der Waals surface area contributed by atoms with Gasteiger partial charge in [0.15, 0.2) is 0 Å². The smallest absolute Gasteiger partial charge is 0.133 e. The van der Waals surface area contributed by atoms with E-state index in [4.69, 9.17) is 4.74 Å². The van der Waals surface area contributed by atoms with Crippen molar-refractivity contribution in [3.05, 3.63) is 0 Å². The fourth-order valence-corrected chi connectivity index (χ4v) is 10.0. The molecule has 1 heterocycles. The third kappa shape index (κ3) is 3.57. The summed E-state index contributed by atoms with van der Waals surface area (Å²) in [6.07, 6.45) is 14.4. The van der Waals surface area contributed by atoms with E-state index in [0.717, 1.165) is 55.0 Å². The van der Waals surface area contributed by atoms with Gasteiger partial charge in [-0.15, -0.1) is 0 Å². The Kier molecular flexibility index (Phi) is 5.89. The topological polar surface area (TPSA) is 26.3 Å². The highest BCUT2D eigenvalue weighted by atomic mass is 16.5. The Labute approximate surface area is 191 Å². The number of hydrogen-bond acceptors (Lipinski definition) is 2. The van der Waals surface area contributed by atoms with E-state index < -0.39 is 0 Å². The van der Waals surface area contributed by atoms with Crippen molar-refractivity contribution in [2.45, 2.75) is 111 Å². The average molecular weight is 429 g/mol. The summed E-state index contributed by atoms with van der Waals surface area (Å²) in [4.78, 5) is 12.2. The fourth-order valence-electron chi connectivity index (χ4n) is 10.0. The summed E-state index contributed by atoms with van der Waals surface area (Å²) in [5.41, 5.74) is 0.960. The largest absolute Gasteiger partial charge is 0.378 e. The summed E-state index contributed by atoms with van der Waals surface area (Å²) in [5.74, 6) is 7.12. The van der Waals surface area contributed by atoms with Gasteiger partial charge in [-0.1, -0.05) is 34.6 Å². The van der Waals surface area contributed by atoms with Gasteiger partial charge in [-0.25, -0.2) is 0 Å². The number of fused-ring (bicyclic) bond motifs is 5. The number of ether oxygens (including phenoxy) is 1. The lowest BCUT2D eigenvalue weighted by atomic mass is 9.44. The van der Waals surface area contributed by atoms with Crippen molar-refractivity contribution in [2.24, 2.45) is 58.2 Å². The quantitative estimate of drug-likeness (QED) is 0.471. The summed E-state index contributed by atoms with van der Waals surface area (Å²) in [6, 6.07) is 0. The first-order valence-electron chi connectivity index (χ1n) is 13.9. The van der Waals surface area contributed by atoms with Gasteiger partial charge < -0.3 is 4.74 Å². The molecule has 0 spiro atoms. The van der Waals surface area contributed by atoms with Crippen molar-refractivity contribution in [3.8, 4) is 0 Å². The minimum absolute atomic E-state index is 0.443. The van der Waals surface area contributed by atoms with Gasteiger partial charge in [0.25, 0.3) is 0 Å². The summed E-state index contributed by atoms with van der Waals surface area (Å²) < 4.78 is 6.43. The van der Waals surface area contributed by atoms with Crippen molar-refractivity contribution in [2.75, 3.05) is 6.61 Å². The zero-order valence-electron chi connectivity index (χ0n) is 21.0. The summed E-state index contributed by atoms with van der Waals surface area (Å²) in [6.45, 7) is 13.6. The maximum Gasteiger partial charge on any atom is 0.133 e. The summed E-state index contributed by atoms with van der Waals surface area (Å²) in [5, 5.41) is 0. The molecule has 2 unspecified atom stereocenters. The van der Waals surface area contributed by atoms with Crippen LogP contribution >= 0.6 is 0 Å². The van der Waals surface area contributed by atoms with E-state index in [0.29, 0.717) is 34.6 Å². The van der Waals surface area contributed by atoms with E-state index in [-0.39, 0.29) is 0 Å². The van der Waals surface area contributed by atoms with E-state index in [2.05, 4.69) is 34.6 Å². The maximum atomic E-state index is 12.2. The SMILES string of the molecule is CC(C)[C@@H]1CCOC([C@@H](C)[C@H]2CC[C@H]3[C@@H]4CCC5CC(=O)CC[C@]5(C)[C@H]4CC[C@]23C)C1. The molecule has 5 aliphatic rings. The van der Waals surface area contributed by atoms with Crippen LogP contribution in [0.1, 0.15) is 105 Å². The fraction of sp³-hybridized carbons (Fsp3) is 0.966. The lowest BCUT2D eigenvalue weighted by Crippen LogP contribution is -2.54. The molecule has 0 N–H and O–H groups in total. The van der Waals surface area contributed by atoms with Crippen LogP contribution in [0.5, 0.6) is 0 Å². The lowest BCUT2D eigenvalue weighted by molar-refractivity contribution is -0.143. The highest BCUT2D eigenvalue weighted by Crippen LogP contribution is 2.68. The molecule has 0 aromatic heterocycles. The van der Waals surface area contributed by atoms with Gasteiger partial charge in [0.1, 0.15) is 5.78 Å². The number of hydrogen-bond donors (Lipinski definition) is 0. The van der Waals surface area contributed by atoms with Crippen LogP contribution in [0.25, 0.3) is 0 Å². The lowest BCUT2D eigenvalue weighted by Gasteiger charge is -2.60. The molecule has 10 atom stereocenters. The molecule has 4 aliphatic carbocycles. The molecule has 5 fully saturated rings. The van der Waals surface area contributed by atoms with Gasteiger partial charge in [0, 0.05) is 19.4 Å². The van der Waals surface area contributed by atoms with Crippen LogP contribution in [0, 0.1) is 58.2 Å². The molecular formula is C29H48O2. The first kappa shape index (κ1) is 22.4. The van der Waals surface area contributed by atoms with Gasteiger partial charge in [-0.3, -0.25) is 4.79 Å². The minimum Gasteiger partial charge on any atom is -0.378 e. The molecule has 176 valence electrons. The molecule has 1 aliphatic heterocycles. The van der Waals surface area contributed by atoms with Crippen molar-refractivity contribution < 1.29 is 9.53 Å². The van der Waals surface area contributed by atoms with Crippen LogP contribution < -0.4 is 0 Å². The first-order chi connectivity index (χ1) is 14.7. The Balaban J connectivity index is 1.33. The van der Waals surface area contributed by atoms with E-state index in [1.807, 2.05) is 0 Å². The second-order valence-corrected chi connectivity index (χ2v) is 13.4. The third-order valence-electron chi connectivity index (χ3n) is 12.1. The third-order valence-corrected chi connectivity index (χ3v) is 12.1. The molecule has 0 aromatic rings. The van der Waals surface area contributed by atoms with Gasteiger partial charge in [-0.05, 0) is 116 Å². The number of carbonyl (C=O) groups excluding carboxylic acids is 1. The molecule has 31 heavy (non-hydrogen) atoms. The van der Waals surface area contributed by atoms with Crippen LogP contribution in [-0.2, 0) is 9.53 Å². The molecule has 0 aromatic carbocycles. The van der Waals surface area contributed by atoms with Crippen molar-refractivity contribution in [1.29, 1.82) is 0 Å². The van der Waals surface area contributed by atoms with E-state index in [9.17, 15) is 4.79 Å². The normalized spacial score (nSPS) is 51.2. The number of carbonyl (C=O) groups is 1. The Morgan fingerprint density at radius 3 is 2.45 bits per heavy atom. The second kappa shape index (κ2) is 8.14. The highest BCUT2D eigenvalue weighted by molar-refractivity contribution is 5.79. The predicted molar refractivity (Wildman–Crippen MR) is 127 cm³/mol. The monoisotopic (exact) mass is 428 g/mol. The van der Waals surface area contributed by atoms with Crippen molar-refractivity contribution in [3.63, 3.8) is 0 Å². The van der Waals surface area contributed by atoms with Gasteiger partial charge >= 0.3 is 0 Å². The molecule has 2 heteroatoms. The molecule has 2 nitrogen and oxygen atoms in total. The molecule has 0 amide bonds. The number of Topliss-reactive ketones (excluding diaryl/α,β-unsaturated/α-hetero) is 1. The standard InChI is InChI=1S/C29H48O2/c1-18(2)20-12-15-31-27(16-20)19(3)24-8-9-25-23-7-6-21-17-22(30)10-13-28(21,4)26(23)11-14-29(24,25)5/h18-21,23-27H,6-17H2,1-5H3/t19-,20+,21?,23-,24+,25-,26-,27?,28-,29+/m0/s1. The molecule has 1 saturated heterocycles. The van der Waals surface area contributed by atoms with Crippen molar-refractivity contribution >= 4 is 5.78 Å².